The molecule has 2 atom stereocenters. The molecule has 1 saturated heterocycles. The Morgan fingerprint density at radius 1 is 1.23 bits per heavy atom. The molecule has 5 heteroatoms. The molecule has 2 rings (SSSR count). The van der Waals surface area contributed by atoms with Crippen molar-refractivity contribution in [3.8, 4) is 0 Å². The van der Waals surface area contributed by atoms with Gasteiger partial charge in [0.1, 0.15) is 11.6 Å². The van der Waals surface area contributed by atoms with Crippen molar-refractivity contribution in [2.75, 3.05) is 6.54 Å². The lowest BCUT2D eigenvalue weighted by Crippen LogP contribution is -2.45. The third-order valence-corrected chi connectivity index (χ3v) is 3.78. The van der Waals surface area contributed by atoms with Crippen LogP contribution in [-0.2, 0) is 9.53 Å². The van der Waals surface area contributed by atoms with Gasteiger partial charge < -0.3 is 9.84 Å². The number of benzene rings is 1. The van der Waals surface area contributed by atoms with Gasteiger partial charge in [0.05, 0.1) is 0 Å². The van der Waals surface area contributed by atoms with Gasteiger partial charge in [-0.1, -0.05) is 29.8 Å². The summed E-state index contributed by atoms with van der Waals surface area (Å²) >= 11 is 0. The molecule has 1 fully saturated rings. The van der Waals surface area contributed by atoms with Crippen molar-refractivity contribution in [1.82, 2.24) is 4.90 Å². The third-order valence-electron chi connectivity index (χ3n) is 3.78. The van der Waals surface area contributed by atoms with Gasteiger partial charge in [-0.3, -0.25) is 4.90 Å². The zero-order valence-corrected chi connectivity index (χ0v) is 13.5. The molecule has 1 heterocycles. The molecule has 5 nitrogen and oxygen atoms in total. The van der Waals surface area contributed by atoms with Gasteiger partial charge in [-0.2, -0.15) is 0 Å². The fourth-order valence-electron chi connectivity index (χ4n) is 2.79. The van der Waals surface area contributed by atoms with Crippen molar-refractivity contribution in [1.29, 1.82) is 0 Å². The minimum atomic E-state index is -0.992. The minimum Gasteiger partial charge on any atom is -0.480 e. The second-order valence-electron chi connectivity index (χ2n) is 6.76. The van der Waals surface area contributed by atoms with Gasteiger partial charge in [0, 0.05) is 12.5 Å². The Hall–Kier alpha value is -2.04. The molecule has 1 aromatic rings. The van der Waals surface area contributed by atoms with Crippen LogP contribution in [0.1, 0.15) is 44.2 Å². The highest BCUT2D eigenvalue weighted by Gasteiger charge is 2.44. The van der Waals surface area contributed by atoms with E-state index in [4.69, 9.17) is 4.74 Å². The van der Waals surface area contributed by atoms with Crippen LogP contribution in [0.15, 0.2) is 24.3 Å². The molecular formula is C17H23NO4. The number of hydrogen-bond donors (Lipinski definition) is 1. The first-order chi connectivity index (χ1) is 10.2. The molecule has 0 spiro atoms. The van der Waals surface area contributed by atoms with E-state index in [1.54, 1.807) is 20.8 Å². The fraction of sp³-hybridized carbons (Fsp3) is 0.529. The van der Waals surface area contributed by atoms with Crippen molar-refractivity contribution in [3.05, 3.63) is 35.4 Å². The van der Waals surface area contributed by atoms with E-state index in [2.05, 4.69) is 0 Å². The Labute approximate surface area is 130 Å². The van der Waals surface area contributed by atoms with E-state index in [9.17, 15) is 14.7 Å². The van der Waals surface area contributed by atoms with Crippen LogP contribution in [0, 0.1) is 6.92 Å². The first kappa shape index (κ1) is 16.3. The lowest BCUT2D eigenvalue weighted by Gasteiger charge is -2.28. The third kappa shape index (κ3) is 3.59. The monoisotopic (exact) mass is 305 g/mol. The Balaban J connectivity index is 2.23. The summed E-state index contributed by atoms with van der Waals surface area (Å²) in [7, 11) is 0. The van der Waals surface area contributed by atoms with Crippen LogP contribution in [-0.4, -0.2) is 40.3 Å². The second kappa shape index (κ2) is 5.99. The Bertz CT molecular complexity index is 559. The van der Waals surface area contributed by atoms with E-state index in [1.165, 1.54) is 4.90 Å². The zero-order chi connectivity index (χ0) is 16.5. The number of aryl methyl sites for hydroxylation is 1. The molecule has 0 aliphatic carbocycles. The number of carbonyl (C=O) groups is 2. The predicted molar refractivity (Wildman–Crippen MR) is 82.9 cm³/mol. The lowest BCUT2D eigenvalue weighted by atomic mass is 9.91. The van der Waals surface area contributed by atoms with Crippen molar-refractivity contribution in [2.24, 2.45) is 0 Å². The number of carbonyl (C=O) groups excluding carboxylic acids is 1. The topological polar surface area (TPSA) is 66.8 Å². The number of amides is 1. The summed E-state index contributed by atoms with van der Waals surface area (Å²) < 4.78 is 5.33. The highest BCUT2D eigenvalue weighted by atomic mass is 16.6. The molecule has 0 saturated carbocycles. The number of hydrogen-bond acceptors (Lipinski definition) is 3. The number of nitrogens with zero attached hydrogens (tertiary/aromatic N) is 1. The standard InChI is InChI=1S/C17H23NO4/c1-11-5-7-12(8-6-11)13-9-10-18(14(13)15(19)20)16(21)22-17(2,3)4/h5-8,13-14H,9-10H2,1-4H3,(H,19,20)/t13-,14+/m0/s1. The first-order valence-corrected chi connectivity index (χ1v) is 7.48. The van der Waals surface area contributed by atoms with Gasteiger partial charge in [-0.05, 0) is 39.7 Å². The van der Waals surface area contributed by atoms with Crippen LogP contribution in [0.25, 0.3) is 0 Å². The minimum absolute atomic E-state index is 0.203. The van der Waals surface area contributed by atoms with Crippen molar-refractivity contribution in [2.45, 2.75) is 51.7 Å². The Kier molecular flexibility index (Phi) is 4.44. The maximum Gasteiger partial charge on any atom is 0.411 e. The largest absolute Gasteiger partial charge is 0.480 e. The first-order valence-electron chi connectivity index (χ1n) is 7.48. The van der Waals surface area contributed by atoms with Gasteiger partial charge >= 0.3 is 12.1 Å². The molecule has 1 amide bonds. The number of aliphatic carboxylic acids is 1. The molecular weight excluding hydrogens is 282 g/mol. The molecule has 1 N–H and O–H groups in total. The summed E-state index contributed by atoms with van der Waals surface area (Å²) in [4.78, 5) is 25.3. The summed E-state index contributed by atoms with van der Waals surface area (Å²) in [5.41, 5.74) is 1.43. The van der Waals surface area contributed by atoms with Gasteiger partial charge in [0.2, 0.25) is 0 Å². The smallest absolute Gasteiger partial charge is 0.411 e. The number of carboxylic acid groups (broad SMARTS) is 1. The molecule has 0 bridgehead atoms. The maximum absolute atomic E-state index is 12.2. The summed E-state index contributed by atoms with van der Waals surface area (Å²) in [6.07, 6.45) is 0.0636. The van der Waals surface area contributed by atoms with Gasteiger partial charge in [-0.15, -0.1) is 0 Å². The highest BCUT2D eigenvalue weighted by Crippen LogP contribution is 2.34. The average Bonchev–Trinajstić information content (AvgIpc) is 2.82. The summed E-state index contributed by atoms with van der Waals surface area (Å²) in [5, 5.41) is 9.57. The van der Waals surface area contributed by atoms with Crippen LogP contribution in [0.2, 0.25) is 0 Å². The Morgan fingerprint density at radius 2 is 1.82 bits per heavy atom. The summed E-state index contributed by atoms with van der Waals surface area (Å²) in [6.45, 7) is 7.70. The van der Waals surface area contributed by atoms with E-state index in [1.807, 2.05) is 31.2 Å². The van der Waals surface area contributed by atoms with Crippen molar-refractivity contribution >= 4 is 12.1 Å². The molecule has 1 aliphatic rings. The number of likely N-dealkylation sites (tertiary alicyclic amines) is 1. The van der Waals surface area contributed by atoms with Crippen LogP contribution >= 0.6 is 0 Å². The van der Waals surface area contributed by atoms with Gasteiger partial charge in [0.15, 0.2) is 0 Å². The van der Waals surface area contributed by atoms with Crippen LogP contribution in [0.3, 0.4) is 0 Å². The summed E-state index contributed by atoms with van der Waals surface area (Å²) in [6, 6.07) is 6.93. The molecule has 1 aromatic carbocycles. The number of ether oxygens (including phenoxy) is 1. The maximum atomic E-state index is 12.2. The normalized spacial score (nSPS) is 21.7. The van der Waals surface area contributed by atoms with E-state index in [-0.39, 0.29) is 5.92 Å². The quantitative estimate of drug-likeness (QED) is 0.911. The summed E-state index contributed by atoms with van der Waals surface area (Å²) in [5.74, 6) is -1.19. The molecule has 0 unspecified atom stereocenters. The molecule has 120 valence electrons. The van der Waals surface area contributed by atoms with E-state index in [0.717, 1.165) is 11.1 Å². The molecule has 0 aromatic heterocycles. The molecule has 0 radical (unpaired) electrons. The van der Waals surface area contributed by atoms with Crippen LogP contribution in [0.5, 0.6) is 0 Å². The molecule has 22 heavy (non-hydrogen) atoms. The van der Waals surface area contributed by atoms with Crippen molar-refractivity contribution < 1.29 is 19.4 Å². The van der Waals surface area contributed by atoms with Gasteiger partial charge in [0.25, 0.3) is 0 Å². The zero-order valence-electron chi connectivity index (χ0n) is 13.5. The number of carboxylic acids is 1. The average molecular weight is 305 g/mol. The van der Waals surface area contributed by atoms with Crippen molar-refractivity contribution in [3.63, 3.8) is 0 Å². The van der Waals surface area contributed by atoms with Gasteiger partial charge in [-0.25, -0.2) is 9.59 Å². The van der Waals surface area contributed by atoms with E-state index >= 15 is 0 Å². The SMILES string of the molecule is Cc1ccc([C@@H]2CCN(C(=O)OC(C)(C)C)[C@H]2C(=O)O)cc1. The second-order valence-corrected chi connectivity index (χ2v) is 6.76. The highest BCUT2D eigenvalue weighted by molar-refractivity contribution is 5.82. The van der Waals surface area contributed by atoms with E-state index < -0.39 is 23.7 Å². The van der Waals surface area contributed by atoms with Crippen LogP contribution in [0.4, 0.5) is 4.79 Å². The predicted octanol–water partition coefficient (Wildman–Crippen LogP) is 3.17. The number of rotatable bonds is 2. The lowest BCUT2D eigenvalue weighted by molar-refractivity contribution is -0.142. The fourth-order valence-corrected chi connectivity index (χ4v) is 2.79. The van der Waals surface area contributed by atoms with Crippen LogP contribution < -0.4 is 0 Å². The van der Waals surface area contributed by atoms with E-state index in [0.29, 0.717) is 13.0 Å². The molecule has 1 aliphatic heterocycles. The Morgan fingerprint density at radius 3 is 2.32 bits per heavy atom.